The van der Waals surface area contributed by atoms with E-state index in [1.165, 1.54) is 13.2 Å². The van der Waals surface area contributed by atoms with Gasteiger partial charge in [0, 0.05) is 10.2 Å². The Bertz CT molecular complexity index is 1010. The molecule has 0 aliphatic heterocycles. The van der Waals surface area contributed by atoms with E-state index in [0.29, 0.717) is 27.2 Å². The van der Waals surface area contributed by atoms with Crippen molar-refractivity contribution in [2.45, 2.75) is 13.8 Å². The number of hydrogen-bond donors (Lipinski definition) is 1. The van der Waals surface area contributed by atoms with E-state index in [1.807, 2.05) is 38.1 Å². The van der Waals surface area contributed by atoms with Gasteiger partial charge < -0.3 is 14.8 Å². The molecule has 6 heteroatoms. The number of aryl methyl sites for hydroxylation is 2. The summed E-state index contributed by atoms with van der Waals surface area (Å²) in [6.07, 6.45) is 6.70. The van der Waals surface area contributed by atoms with E-state index in [0.717, 1.165) is 11.1 Å². The Morgan fingerprint density at radius 3 is 2.68 bits per heavy atom. The molecule has 28 heavy (non-hydrogen) atoms. The van der Waals surface area contributed by atoms with Crippen LogP contribution in [0.5, 0.6) is 11.5 Å². The largest absolute Gasteiger partial charge is 0.493 e. The van der Waals surface area contributed by atoms with Gasteiger partial charge >= 0.3 is 0 Å². The number of nitrogens with zero attached hydrogens (tertiary/aromatic N) is 1. The average molecular weight is 439 g/mol. The van der Waals surface area contributed by atoms with Crippen molar-refractivity contribution in [2.24, 2.45) is 0 Å². The average Bonchev–Trinajstić information content (AvgIpc) is 2.68. The predicted octanol–water partition coefficient (Wildman–Crippen LogP) is 4.63. The van der Waals surface area contributed by atoms with Gasteiger partial charge in [0.1, 0.15) is 18.2 Å². The van der Waals surface area contributed by atoms with Gasteiger partial charge in [-0.2, -0.15) is 5.26 Å². The number of hydrogen-bond acceptors (Lipinski definition) is 4. The number of carbonyl (C=O) groups is 1. The van der Waals surface area contributed by atoms with E-state index < -0.39 is 5.91 Å². The van der Waals surface area contributed by atoms with Crippen LogP contribution in [0.3, 0.4) is 0 Å². The molecule has 142 valence electrons. The van der Waals surface area contributed by atoms with Crippen LogP contribution in [-0.4, -0.2) is 19.6 Å². The van der Waals surface area contributed by atoms with Crippen molar-refractivity contribution in [2.75, 3.05) is 19.0 Å². The van der Waals surface area contributed by atoms with Gasteiger partial charge in [0.05, 0.1) is 7.11 Å². The monoisotopic (exact) mass is 438 g/mol. The summed E-state index contributed by atoms with van der Waals surface area (Å²) in [5.41, 5.74) is 3.15. The van der Waals surface area contributed by atoms with Crippen LogP contribution in [-0.2, 0) is 4.79 Å². The molecule has 2 aromatic carbocycles. The number of terminal acetylenes is 1. The molecule has 0 saturated carbocycles. The van der Waals surface area contributed by atoms with Crippen LogP contribution >= 0.6 is 15.9 Å². The molecule has 0 aromatic heterocycles. The minimum atomic E-state index is -0.491. The Hall–Kier alpha value is -3.22. The van der Waals surface area contributed by atoms with Crippen LogP contribution < -0.4 is 14.8 Å². The number of anilines is 1. The SMILES string of the molecule is C#CCOc1cc(Br)c(/C=C(\C#N)C(=O)Nc2cc(C)ccc2C)cc1OC. The van der Waals surface area contributed by atoms with Gasteiger partial charge in [0.15, 0.2) is 11.5 Å². The van der Waals surface area contributed by atoms with E-state index in [2.05, 4.69) is 27.2 Å². The smallest absolute Gasteiger partial charge is 0.266 e. The highest BCUT2D eigenvalue weighted by atomic mass is 79.9. The molecule has 0 aliphatic carbocycles. The summed E-state index contributed by atoms with van der Waals surface area (Å²) in [6.45, 7) is 3.92. The van der Waals surface area contributed by atoms with Crippen molar-refractivity contribution in [1.82, 2.24) is 0 Å². The van der Waals surface area contributed by atoms with Crippen molar-refractivity contribution < 1.29 is 14.3 Å². The lowest BCUT2D eigenvalue weighted by Crippen LogP contribution is -2.14. The highest BCUT2D eigenvalue weighted by molar-refractivity contribution is 9.10. The minimum Gasteiger partial charge on any atom is -0.493 e. The van der Waals surface area contributed by atoms with Crippen LogP contribution in [0.15, 0.2) is 40.4 Å². The topological polar surface area (TPSA) is 71.3 Å². The molecule has 0 bridgehead atoms. The second kappa shape index (κ2) is 9.64. The first-order valence-electron chi connectivity index (χ1n) is 8.33. The van der Waals surface area contributed by atoms with Gasteiger partial charge in [0.25, 0.3) is 5.91 Å². The summed E-state index contributed by atoms with van der Waals surface area (Å²) in [7, 11) is 1.50. The zero-order chi connectivity index (χ0) is 20.7. The second-order valence-electron chi connectivity index (χ2n) is 5.96. The highest BCUT2D eigenvalue weighted by Crippen LogP contribution is 2.34. The molecule has 0 fully saturated rings. The molecular weight excluding hydrogens is 420 g/mol. The van der Waals surface area contributed by atoms with Crippen LogP contribution in [0.25, 0.3) is 6.08 Å². The Kier molecular flexibility index (Phi) is 7.26. The fraction of sp³-hybridized carbons (Fsp3) is 0.182. The molecule has 0 saturated heterocycles. The normalized spacial score (nSPS) is 10.6. The summed E-state index contributed by atoms with van der Waals surface area (Å²) in [5, 5.41) is 12.3. The number of nitriles is 1. The molecule has 1 amide bonds. The molecule has 0 unspecified atom stereocenters. The second-order valence-corrected chi connectivity index (χ2v) is 6.81. The molecule has 2 rings (SSSR count). The minimum absolute atomic E-state index is 0.0408. The van der Waals surface area contributed by atoms with E-state index >= 15 is 0 Å². The lowest BCUT2D eigenvalue weighted by molar-refractivity contribution is -0.112. The summed E-state index contributed by atoms with van der Waals surface area (Å²) in [6, 6.07) is 11.0. The number of ether oxygens (including phenoxy) is 2. The quantitative estimate of drug-likeness (QED) is 0.405. The third kappa shape index (κ3) is 5.16. The Labute approximate surface area is 173 Å². The lowest BCUT2D eigenvalue weighted by Gasteiger charge is -2.12. The zero-order valence-electron chi connectivity index (χ0n) is 15.8. The van der Waals surface area contributed by atoms with Crippen molar-refractivity contribution in [1.29, 1.82) is 5.26 Å². The lowest BCUT2D eigenvalue weighted by atomic mass is 10.1. The van der Waals surface area contributed by atoms with Crippen molar-refractivity contribution >= 4 is 33.6 Å². The molecule has 0 radical (unpaired) electrons. The Balaban J connectivity index is 2.35. The molecule has 0 aliphatic rings. The predicted molar refractivity (Wildman–Crippen MR) is 113 cm³/mol. The molecule has 1 N–H and O–H groups in total. The van der Waals surface area contributed by atoms with Gasteiger partial charge in [-0.15, -0.1) is 6.42 Å². The first kappa shape index (κ1) is 21.1. The number of rotatable bonds is 6. The Morgan fingerprint density at radius 2 is 2.04 bits per heavy atom. The highest BCUT2D eigenvalue weighted by Gasteiger charge is 2.14. The van der Waals surface area contributed by atoms with Gasteiger partial charge in [-0.3, -0.25) is 4.79 Å². The van der Waals surface area contributed by atoms with Crippen LogP contribution in [0.1, 0.15) is 16.7 Å². The zero-order valence-corrected chi connectivity index (χ0v) is 17.4. The van der Waals surface area contributed by atoms with Gasteiger partial charge in [-0.1, -0.05) is 34.0 Å². The van der Waals surface area contributed by atoms with E-state index in [-0.39, 0.29) is 12.2 Å². The standard InChI is InChI=1S/C22H19BrN2O3/c1-5-8-28-21-12-18(23)16(11-20(21)27-4)10-17(13-24)22(26)25-19-9-14(2)6-7-15(19)3/h1,6-7,9-12H,8H2,2-4H3,(H,25,26)/b17-10+. The number of halogens is 1. The fourth-order valence-electron chi connectivity index (χ4n) is 2.42. The molecule has 2 aromatic rings. The van der Waals surface area contributed by atoms with Gasteiger partial charge in [-0.25, -0.2) is 0 Å². The van der Waals surface area contributed by atoms with Crippen LogP contribution in [0.2, 0.25) is 0 Å². The van der Waals surface area contributed by atoms with Crippen LogP contribution in [0, 0.1) is 37.5 Å². The van der Waals surface area contributed by atoms with Crippen molar-refractivity contribution in [3.63, 3.8) is 0 Å². The summed E-state index contributed by atoms with van der Waals surface area (Å²) in [4.78, 5) is 12.6. The Morgan fingerprint density at radius 1 is 1.29 bits per heavy atom. The number of methoxy groups -OCH3 is 1. The van der Waals surface area contributed by atoms with Crippen molar-refractivity contribution in [3.8, 4) is 29.9 Å². The molecular formula is C22H19BrN2O3. The van der Waals surface area contributed by atoms with Gasteiger partial charge in [0.2, 0.25) is 0 Å². The third-order valence-electron chi connectivity index (χ3n) is 3.90. The fourth-order valence-corrected chi connectivity index (χ4v) is 2.85. The number of amides is 1. The molecule has 5 nitrogen and oxygen atoms in total. The number of carbonyl (C=O) groups excluding carboxylic acids is 1. The van der Waals surface area contributed by atoms with Crippen LogP contribution in [0.4, 0.5) is 5.69 Å². The maximum absolute atomic E-state index is 12.6. The first-order chi connectivity index (χ1) is 13.4. The summed E-state index contributed by atoms with van der Waals surface area (Å²) in [5.74, 6) is 2.80. The molecule has 0 heterocycles. The first-order valence-corrected chi connectivity index (χ1v) is 9.13. The third-order valence-corrected chi connectivity index (χ3v) is 4.59. The maximum Gasteiger partial charge on any atom is 0.266 e. The van der Waals surface area contributed by atoms with Crippen molar-refractivity contribution in [3.05, 3.63) is 57.1 Å². The van der Waals surface area contributed by atoms with E-state index in [4.69, 9.17) is 15.9 Å². The molecule has 0 spiro atoms. The molecule has 0 atom stereocenters. The summed E-state index contributed by atoms with van der Waals surface area (Å²) < 4.78 is 11.4. The maximum atomic E-state index is 12.6. The number of nitrogens with one attached hydrogen (secondary N) is 1. The number of benzene rings is 2. The van der Waals surface area contributed by atoms with Gasteiger partial charge in [-0.05, 0) is 54.8 Å². The van der Waals surface area contributed by atoms with E-state index in [1.54, 1.807) is 12.1 Å². The summed E-state index contributed by atoms with van der Waals surface area (Å²) >= 11 is 3.42. The van der Waals surface area contributed by atoms with E-state index in [9.17, 15) is 10.1 Å².